The summed E-state index contributed by atoms with van der Waals surface area (Å²) in [5, 5.41) is 3.04. The van der Waals surface area contributed by atoms with Gasteiger partial charge >= 0.3 is 0 Å². The highest BCUT2D eigenvalue weighted by Gasteiger charge is 2.31. The highest BCUT2D eigenvalue weighted by atomic mass is 16.7. The molecule has 32 heavy (non-hydrogen) atoms. The lowest BCUT2D eigenvalue weighted by Gasteiger charge is -2.36. The first-order valence-corrected chi connectivity index (χ1v) is 11.4. The van der Waals surface area contributed by atoms with Gasteiger partial charge in [-0.15, -0.1) is 0 Å². The van der Waals surface area contributed by atoms with Gasteiger partial charge in [0.05, 0.1) is 17.1 Å². The number of piperidine rings is 1. The SMILES string of the molecule is CC(C(=O)Nc1ccc2c(c1)OCO2)N1CCCC(c2nc3ccccc3n2C(C)C)C1. The first-order chi connectivity index (χ1) is 15.5. The Bertz CT molecular complexity index is 1140. The maximum Gasteiger partial charge on any atom is 0.241 e. The van der Waals surface area contributed by atoms with Crippen molar-refractivity contribution in [2.24, 2.45) is 0 Å². The van der Waals surface area contributed by atoms with Gasteiger partial charge in [-0.2, -0.15) is 0 Å². The van der Waals surface area contributed by atoms with E-state index in [9.17, 15) is 4.79 Å². The molecule has 0 saturated carbocycles. The van der Waals surface area contributed by atoms with E-state index in [-0.39, 0.29) is 18.7 Å². The predicted octanol–water partition coefficient (Wildman–Crippen LogP) is 4.55. The summed E-state index contributed by atoms with van der Waals surface area (Å²) in [6.45, 7) is 8.36. The van der Waals surface area contributed by atoms with Gasteiger partial charge in [0.1, 0.15) is 5.82 Å². The Balaban J connectivity index is 1.32. The van der Waals surface area contributed by atoms with Crippen molar-refractivity contribution in [2.75, 3.05) is 25.2 Å². The Morgan fingerprint density at radius 1 is 1.12 bits per heavy atom. The van der Waals surface area contributed by atoms with Gasteiger partial charge in [-0.3, -0.25) is 9.69 Å². The molecule has 2 aromatic carbocycles. The fourth-order valence-corrected chi connectivity index (χ4v) is 4.85. The highest BCUT2D eigenvalue weighted by molar-refractivity contribution is 5.94. The second-order valence-corrected chi connectivity index (χ2v) is 8.99. The standard InChI is InChI=1S/C25H30N4O3/c1-16(2)29-21-9-5-4-8-20(21)27-24(29)18-7-6-12-28(14-18)17(3)25(30)26-19-10-11-22-23(13-19)32-15-31-22/h4-5,8-11,13,16-18H,6-7,12,14-15H2,1-3H3,(H,26,30). The van der Waals surface area contributed by atoms with Crippen LogP contribution in [0.3, 0.4) is 0 Å². The second kappa shape index (κ2) is 8.47. The lowest BCUT2D eigenvalue weighted by Crippen LogP contribution is -2.46. The number of hydrogen-bond acceptors (Lipinski definition) is 5. The quantitative estimate of drug-likeness (QED) is 0.638. The molecule has 0 radical (unpaired) electrons. The summed E-state index contributed by atoms with van der Waals surface area (Å²) in [4.78, 5) is 20.3. The number of nitrogens with zero attached hydrogens (tertiary/aromatic N) is 3. The third-order valence-electron chi connectivity index (χ3n) is 6.52. The molecule has 2 atom stereocenters. The maximum absolute atomic E-state index is 13.0. The lowest BCUT2D eigenvalue weighted by molar-refractivity contribution is -0.121. The number of aromatic nitrogens is 2. The minimum Gasteiger partial charge on any atom is -0.454 e. The van der Waals surface area contributed by atoms with Crippen molar-refractivity contribution >= 4 is 22.6 Å². The van der Waals surface area contributed by atoms with E-state index in [0.717, 1.165) is 43.0 Å². The lowest BCUT2D eigenvalue weighted by atomic mass is 9.95. The van der Waals surface area contributed by atoms with Crippen molar-refractivity contribution in [3.8, 4) is 11.5 Å². The molecule has 168 valence electrons. The maximum atomic E-state index is 13.0. The van der Waals surface area contributed by atoms with E-state index in [1.54, 1.807) is 0 Å². The van der Waals surface area contributed by atoms with E-state index < -0.39 is 0 Å². The van der Waals surface area contributed by atoms with Crippen molar-refractivity contribution < 1.29 is 14.3 Å². The van der Waals surface area contributed by atoms with Gasteiger partial charge in [-0.1, -0.05) is 12.1 Å². The topological polar surface area (TPSA) is 68.6 Å². The average Bonchev–Trinajstić information content (AvgIpc) is 3.42. The van der Waals surface area contributed by atoms with Crippen LogP contribution >= 0.6 is 0 Å². The number of para-hydroxylation sites is 2. The molecule has 0 aliphatic carbocycles. The molecule has 7 nitrogen and oxygen atoms in total. The Morgan fingerprint density at radius 2 is 1.94 bits per heavy atom. The number of amides is 1. The Hall–Kier alpha value is -3.06. The van der Waals surface area contributed by atoms with Crippen LogP contribution in [-0.2, 0) is 4.79 Å². The molecule has 1 aromatic heterocycles. The van der Waals surface area contributed by atoms with Crippen LogP contribution in [0.5, 0.6) is 11.5 Å². The van der Waals surface area contributed by atoms with Crippen LogP contribution in [0.25, 0.3) is 11.0 Å². The van der Waals surface area contributed by atoms with Crippen molar-refractivity contribution in [3.63, 3.8) is 0 Å². The number of fused-ring (bicyclic) bond motifs is 2. The van der Waals surface area contributed by atoms with Gasteiger partial charge in [0, 0.05) is 30.3 Å². The first-order valence-electron chi connectivity index (χ1n) is 11.4. The third kappa shape index (κ3) is 3.81. The van der Waals surface area contributed by atoms with Crippen LogP contribution in [0.15, 0.2) is 42.5 Å². The van der Waals surface area contributed by atoms with Gasteiger partial charge in [0.25, 0.3) is 0 Å². The average molecular weight is 435 g/mol. The van der Waals surface area contributed by atoms with Crippen LogP contribution < -0.4 is 14.8 Å². The Labute approximate surface area is 188 Å². The zero-order valence-electron chi connectivity index (χ0n) is 18.9. The van der Waals surface area contributed by atoms with Crippen LogP contribution in [0.4, 0.5) is 5.69 Å². The molecule has 3 heterocycles. The fraction of sp³-hybridized carbons (Fsp3) is 0.440. The molecular weight excluding hydrogens is 404 g/mol. The summed E-state index contributed by atoms with van der Waals surface area (Å²) < 4.78 is 13.1. The molecule has 1 N–H and O–H groups in total. The number of hydrogen-bond donors (Lipinski definition) is 1. The fourth-order valence-electron chi connectivity index (χ4n) is 4.85. The Morgan fingerprint density at radius 3 is 2.78 bits per heavy atom. The van der Waals surface area contributed by atoms with Crippen LogP contribution in [0.1, 0.15) is 51.4 Å². The number of rotatable bonds is 5. The predicted molar refractivity (Wildman–Crippen MR) is 124 cm³/mol. The molecule has 5 rings (SSSR count). The summed E-state index contributed by atoms with van der Waals surface area (Å²) in [7, 11) is 0. The molecule has 1 saturated heterocycles. The number of ether oxygens (including phenoxy) is 2. The summed E-state index contributed by atoms with van der Waals surface area (Å²) in [6.07, 6.45) is 2.14. The van der Waals surface area contributed by atoms with E-state index >= 15 is 0 Å². The van der Waals surface area contributed by atoms with Crippen molar-refractivity contribution in [1.82, 2.24) is 14.5 Å². The van der Waals surface area contributed by atoms with E-state index in [0.29, 0.717) is 23.5 Å². The van der Waals surface area contributed by atoms with Crippen molar-refractivity contribution in [3.05, 3.63) is 48.3 Å². The van der Waals surface area contributed by atoms with Gasteiger partial charge in [-0.25, -0.2) is 4.98 Å². The highest BCUT2D eigenvalue weighted by Crippen LogP contribution is 2.35. The zero-order valence-corrected chi connectivity index (χ0v) is 18.9. The van der Waals surface area contributed by atoms with Gasteiger partial charge < -0.3 is 19.4 Å². The smallest absolute Gasteiger partial charge is 0.241 e. The normalized spacial score (nSPS) is 19.4. The minimum absolute atomic E-state index is 0.0122. The largest absolute Gasteiger partial charge is 0.454 e. The first kappa shape index (κ1) is 20.8. The monoisotopic (exact) mass is 434 g/mol. The van der Waals surface area contributed by atoms with Crippen LogP contribution in [0, 0.1) is 0 Å². The van der Waals surface area contributed by atoms with E-state index in [1.165, 1.54) is 5.52 Å². The van der Waals surface area contributed by atoms with E-state index in [4.69, 9.17) is 14.5 Å². The van der Waals surface area contributed by atoms with Crippen molar-refractivity contribution in [1.29, 1.82) is 0 Å². The molecular formula is C25H30N4O3. The molecule has 1 amide bonds. The van der Waals surface area contributed by atoms with E-state index in [2.05, 4.69) is 46.8 Å². The molecule has 7 heteroatoms. The van der Waals surface area contributed by atoms with Gasteiger partial charge in [0.15, 0.2) is 11.5 Å². The summed E-state index contributed by atoms with van der Waals surface area (Å²) in [5.74, 6) is 2.81. The van der Waals surface area contributed by atoms with Crippen molar-refractivity contribution in [2.45, 2.75) is 51.6 Å². The van der Waals surface area contributed by atoms with E-state index in [1.807, 2.05) is 31.2 Å². The molecule has 2 aliphatic rings. The number of benzene rings is 2. The number of nitrogens with one attached hydrogen (secondary N) is 1. The van der Waals surface area contributed by atoms with Gasteiger partial charge in [0.2, 0.25) is 12.7 Å². The molecule has 0 spiro atoms. The number of carbonyl (C=O) groups is 1. The molecule has 0 bridgehead atoms. The zero-order chi connectivity index (χ0) is 22.2. The van der Waals surface area contributed by atoms with Gasteiger partial charge in [-0.05, 0) is 64.4 Å². The number of anilines is 1. The summed E-state index contributed by atoms with van der Waals surface area (Å²) in [5.41, 5.74) is 2.95. The molecule has 1 fully saturated rings. The summed E-state index contributed by atoms with van der Waals surface area (Å²) in [6, 6.07) is 13.9. The minimum atomic E-state index is -0.236. The molecule has 2 aliphatic heterocycles. The summed E-state index contributed by atoms with van der Waals surface area (Å²) >= 11 is 0. The molecule has 3 aromatic rings. The van der Waals surface area contributed by atoms with Crippen LogP contribution in [-0.4, -0.2) is 46.3 Å². The second-order valence-electron chi connectivity index (χ2n) is 8.99. The number of carbonyl (C=O) groups excluding carboxylic acids is 1. The number of imidazole rings is 1. The third-order valence-corrected chi connectivity index (χ3v) is 6.52. The van der Waals surface area contributed by atoms with Crippen LogP contribution in [0.2, 0.25) is 0 Å². The molecule has 2 unspecified atom stereocenters. The number of likely N-dealkylation sites (tertiary alicyclic amines) is 1. The Kier molecular flexibility index (Phi) is 5.51.